The summed E-state index contributed by atoms with van der Waals surface area (Å²) in [6.07, 6.45) is 6.68. The van der Waals surface area contributed by atoms with E-state index in [0.717, 1.165) is 44.9 Å². The van der Waals surface area contributed by atoms with Gasteiger partial charge in [0.1, 0.15) is 5.82 Å². The highest BCUT2D eigenvalue weighted by molar-refractivity contribution is 8.03. The number of allylic oxidation sites excluding steroid dienone is 2. The molecule has 0 aromatic carbocycles. The zero-order chi connectivity index (χ0) is 17.2. The summed E-state index contributed by atoms with van der Waals surface area (Å²) in [5.74, 6) is 0.541. The highest BCUT2D eigenvalue weighted by atomic mass is 32.2. The first-order chi connectivity index (χ1) is 11.6. The van der Waals surface area contributed by atoms with E-state index in [1.54, 1.807) is 0 Å². The molecule has 0 saturated heterocycles. The van der Waals surface area contributed by atoms with Gasteiger partial charge in [-0.2, -0.15) is 10.5 Å². The fraction of sp³-hybridized carbons (Fsp3) is 0.588. The number of nitrogens with two attached hydrogens (primary N) is 1. The Balaban J connectivity index is 1.84. The Bertz CT molecular complexity index is 687. The van der Waals surface area contributed by atoms with Gasteiger partial charge in [0.15, 0.2) is 0 Å². The maximum atomic E-state index is 11.9. The molecule has 3 rings (SSSR count). The summed E-state index contributed by atoms with van der Waals surface area (Å²) < 4.78 is 0. The van der Waals surface area contributed by atoms with Gasteiger partial charge in [-0.25, -0.2) is 0 Å². The van der Waals surface area contributed by atoms with Crippen LogP contribution in [0.15, 0.2) is 22.0 Å². The van der Waals surface area contributed by atoms with Gasteiger partial charge in [-0.05, 0) is 25.7 Å². The van der Waals surface area contributed by atoms with E-state index in [1.807, 2.05) is 0 Å². The highest BCUT2D eigenvalue weighted by Crippen LogP contribution is 2.51. The molecule has 0 bridgehead atoms. The largest absolute Gasteiger partial charge is 0.384 e. The van der Waals surface area contributed by atoms with Gasteiger partial charge >= 0.3 is 0 Å². The number of hydrogen-bond acceptors (Lipinski definition) is 6. The van der Waals surface area contributed by atoms with Crippen molar-refractivity contribution in [2.75, 3.05) is 5.75 Å². The van der Waals surface area contributed by atoms with Crippen LogP contribution >= 0.6 is 11.8 Å². The minimum absolute atomic E-state index is 0.0274. The minimum atomic E-state index is -0.577. The number of carbonyl (C=O) groups excluding carboxylic acids is 1. The van der Waals surface area contributed by atoms with E-state index in [2.05, 4.69) is 22.8 Å². The van der Waals surface area contributed by atoms with E-state index < -0.39 is 5.41 Å². The van der Waals surface area contributed by atoms with E-state index in [4.69, 9.17) is 5.73 Å². The average molecular weight is 343 g/mol. The molecule has 7 heteroatoms. The summed E-state index contributed by atoms with van der Waals surface area (Å²) in [7, 11) is 0. The standard InChI is InChI=1S/C17H21N5OS/c18-8-12-15(20)22-16(24-10-14(23)21-11-4-5-11)13(9-19)17(12)6-2-1-3-7-17/h11,22H,1-7,10,20H2,(H,21,23). The van der Waals surface area contributed by atoms with E-state index >= 15 is 0 Å². The van der Waals surface area contributed by atoms with Crippen molar-refractivity contribution >= 4 is 17.7 Å². The van der Waals surface area contributed by atoms with Crippen LogP contribution in [0.2, 0.25) is 0 Å². The van der Waals surface area contributed by atoms with Gasteiger partial charge in [-0.1, -0.05) is 31.0 Å². The lowest BCUT2D eigenvalue weighted by atomic mass is 9.64. The van der Waals surface area contributed by atoms with Crippen LogP contribution in [-0.4, -0.2) is 17.7 Å². The Morgan fingerprint density at radius 3 is 2.50 bits per heavy atom. The zero-order valence-corrected chi connectivity index (χ0v) is 14.3. The number of rotatable bonds is 4. The average Bonchev–Trinajstić information content (AvgIpc) is 3.38. The fourth-order valence-electron chi connectivity index (χ4n) is 3.57. The van der Waals surface area contributed by atoms with E-state index in [9.17, 15) is 15.3 Å². The molecular formula is C17H21N5OS. The number of carbonyl (C=O) groups is 1. The minimum Gasteiger partial charge on any atom is -0.384 e. The third-order valence-corrected chi connectivity index (χ3v) is 5.92. The molecule has 2 saturated carbocycles. The molecule has 0 radical (unpaired) electrons. The van der Waals surface area contributed by atoms with Gasteiger partial charge in [0, 0.05) is 11.5 Å². The molecule has 24 heavy (non-hydrogen) atoms. The Labute approximate surface area is 146 Å². The lowest BCUT2D eigenvalue weighted by Crippen LogP contribution is -2.39. The van der Waals surface area contributed by atoms with Crippen LogP contribution in [0.3, 0.4) is 0 Å². The summed E-state index contributed by atoms with van der Waals surface area (Å²) in [5.41, 5.74) is 6.56. The van der Waals surface area contributed by atoms with Crippen LogP contribution in [-0.2, 0) is 4.79 Å². The Kier molecular flexibility index (Phi) is 4.73. The first-order valence-corrected chi connectivity index (χ1v) is 9.33. The molecule has 0 aromatic heterocycles. The van der Waals surface area contributed by atoms with Gasteiger partial charge in [0.25, 0.3) is 0 Å². The normalized spacial score (nSPS) is 22.6. The van der Waals surface area contributed by atoms with Gasteiger partial charge in [-0.3, -0.25) is 4.79 Å². The summed E-state index contributed by atoms with van der Waals surface area (Å²) in [6, 6.07) is 4.84. The first kappa shape index (κ1) is 16.7. The molecule has 3 aliphatic rings. The van der Waals surface area contributed by atoms with Crippen molar-refractivity contribution in [3.05, 3.63) is 22.0 Å². The van der Waals surface area contributed by atoms with Crippen LogP contribution in [0, 0.1) is 28.1 Å². The SMILES string of the molecule is N#CC1=C(N)NC(SCC(=O)NC2CC2)=C(C#N)C12CCCCC2. The number of dihydropyridines is 1. The molecule has 0 aromatic rings. The van der Waals surface area contributed by atoms with Crippen molar-refractivity contribution in [3.8, 4) is 12.1 Å². The van der Waals surface area contributed by atoms with Crippen LogP contribution in [0.1, 0.15) is 44.9 Å². The molecule has 1 amide bonds. The van der Waals surface area contributed by atoms with Gasteiger partial charge in [0.05, 0.1) is 34.1 Å². The number of thioether (sulfide) groups is 1. The maximum Gasteiger partial charge on any atom is 0.230 e. The Morgan fingerprint density at radius 1 is 1.25 bits per heavy atom. The predicted octanol–water partition coefficient (Wildman–Crippen LogP) is 1.98. The van der Waals surface area contributed by atoms with E-state index in [-0.39, 0.29) is 11.7 Å². The van der Waals surface area contributed by atoms with Crippen LogP contribution in [0.4, 0.5) is 0 Å². The number of amides is 1. The van der Waals surface area contributed by atoms with Crippen molar-refractivity contribution in [2.24, 2.45) is 11.1 Å². The molecule has 126 valence electrons. The predicted molar refractivity (Wildman–Crippen MR) is 91.7 cm³/mol. The zero-order valence-electron chi connectivity index (χ0n) is 13.5. The first-order valence-electron chi connectivity index (χ1n) is 8.35. The van der Waals surface area contributed by atoms with Crippen molar-refractivity contribution in [1.29, 1.82) is 10.5 Å². The number of nitriles is 2. The molecule has 2 fully saturated rings. The second kappa shape index (κ2) is 6.78. The van der Waals surface area contributed by atoms with Gasteiger partial charge < -0.3 is 16.4 Å². The molecule has 0 unspecified atom stereocenters. The van der Waals surface area contributed by atoms with Crippen LogP contribution in [0.5, 0.6) is 0 Å². The summed E-state index contributed by atoms with van der Waals surface area (Å²) in [5, 5.41) is 25.9. The molecule has 1 heterocycles. The molecular weight excluding hydrogens is 322 g/mol. The Hall–Kier alpha value is -2.12. The van der Waals surface area contributed by atoms with E-state index in [0.29, 0.717) is 28.0 Å². The third kappa shape index (κ3) is 3.09. The fourth-order valence-corrected chi connectivity index (χ4v) is 4.50. The van der Waals surface area contributed by atoms with Crippen molar-refractivity contribution in [1.82, 2.24) is 10.6 Å². The van der Waals surface area contributed by atoms with Crippen molar-refractivity contribution in [3.63, 3.8) is 0 Å². The monoisotopic (exact) mass is 343 g/mol. The van der Waals surface area contributed by atoms with E-state index in [1.165, 1.54) is 11.8 Å². The highest BCUT2D eigenvalue weighted by Gasteiger charge is 2.45. The topological polar surface area (TPSA) is 115 Å². The second-order valence-corrected chi connectivity index (χ2v) is 7.60. The second-order valence-electron chi connectivity index (χ2n) is 6.61. The molecule has 0 atom stereocenters. The Morgan fingerprint density at radius 2 is 1.92 bits per heavy atom. The lowest BCUT2D eigenvalue weighted by Gasteiger charge is -2.40. The molecule has 4 N–H and O–H groups in total. The maximum absolute atomic E-state index is 11.9. The van der Waals surface area contributed by atoms with Crippen molar-refractivity contribution in [2.45, 2.75) is 51.0 Å². The quantitative estimate of drug-likeness (QED) is 0.719. The van der Waals surface area contributed by atoms with Crippen LogP contribution < -0.4 is 16.4 Å². The summed E-state index contributed by atoms with van der Waals surface area (Å²) in [6.45, 7) is 0. The lowest BCUT2D eigenvalue weighted by molar-refractivity contribution is -0.118. The number of nitrogens with one attached hydrogen (secondary N) is 2. The molecule has 6 nitrogen and oxygen atoms in total. The molecule has 1 aliphatic heterocycles. The smallest absolute Gasteiger partial charge is 0.230 e. The van der Waals surface area contributed by atoms with Gasteiger partial charge in [-0.15, -0.1) is 0 Å². The summed E-state index contributed by atoms with van der Waals surface area (Å²) >= 11 is 1.30. The summed E-state index contributed by atoms with van der Waals surface area (Å²) in [4.78, 5) is 11.9. The molecule has 2 aliphatic carbocycles. The van der Waals surface area contributed by atoms with Crippen LogP contribution in [0.25, 0.3) is 0 Å². The van der Waals surface area contributed by atoms with Gasteiger partial charge in [0.2, 0.25) is 5.91 Å². The molecule has 1 spiro atoms. The van der Waals surface area contributed by atoms with Crippen molar-refractivity contribution < 1.29 is 4.79 Å². The number of nitrogens with zero attached hydrogens (tertiary/aromatic N) is 2. The third-order valence-electron chi connectivity index (χ3n) is 4.92. The number of hydrogen-bond donors (Lipinski definition) is 3.